The standard InChI is InChI=1S/C17H32N2/c1-14(2)9-6-5-7-12-17-16(13-18-19-17)11-8-10-15(3)4/h13-15,17H,5-12H2,1-4H3. The van der Waals surface area contributed by atoms with Gasteiger partial charge in [-0.1, -0.05) is 59.8 Å². The van der Waals surface area contributed by atoms with Crippen molar-refractivity contribution in [1.29, 1.82) is 0 Å². The van der Waals surface area contributed by atoms with Crippen molar-refractivity contribution < 1.29 is 0 Å². The number of rotatable bonds is 10. The lowest BCUT2D eigenvalue weighted by molar-refractivity contribution is 0.502. The van der Waals surface area contributed by atoms with Crippen molar-refractivity contribution >= 4 is 0 Å². The molecule has 1 rings (SSSR count). The van der Waals surface area contributed by atoms with E-state index in [0.717, 1.165) is 11.8 Å². The summed E-state index contributed by atoms with van der Waals surface area (Å²) in [6.45, 7) is 9.20. The smallest absolute Gasteiger partial charge is 0.0940 e. The Hall–Kier alpha value is -0.660. The maximum absolute atomic E-state index is 4.38. The average Bonchev–Trinajstić information content (AvgIpc) is 2.75. The predicted molar refractivity (Wildman–Crippen MR) is 83.3 cm³/mol. The zero-order valence-electron chi connectivity index (χ0n) is 13.4. The molecule has 1 heterocycles. The molecule has 110 valence electrons. The second-order valence-electron chi connectivity index (χ2n) is 6.77. The molecule has 1 aliphatic heterocycles. The van der Waals surface area contributed by atoms with Crippen LogP contribution in [0.15, 0.2) is 22.0 Å². The van der Waals surface area contributed by atoms with Gasteiger partial charge in [0.2, 0.25) is 0 Å². The van der Waals surface area contributed by atoms with E-state index in [-0.39, 0.29) is 0 Å². The third-order valence-electron chi connectivity index (χ3n) is 3.86. The Morgan fingerprint density at radius 1 is 0.947 bits per heavy atom. The van der Waals surface area contributed by atoms with E-state index in [4.69, 9.17) is 0 Å². The van der Waals surface area contributed by atoms with Crippen LogP contribution in [-0.4, -0.2) is 6.04 Å². The summed E-state index contributed by atoms with van der Waals surface area (Å²) < 4.78 is 0. The summed E-state index contributed by atoms with van der Waals surface area (Å²) in [6, 6.07) is 0.409. The van der Waals surface area contributed by atoms with Crippen LogP contribution in [0, 0.1) is 11.8 Å². The minimum Gasteiger partial charge on any atom is -0.181 e. The molecule has 0 aliphatic carbocycles. The topological polar surface area (TPSA) is 24.7 Å². The van der Waals surface area contributed by atoms with Gasteiger partial charge in [-0.05, 0) is 36.7 Å². The Labute approximate surface area is 119 Å². The summed E-state index contributed by atoms with van der Waals surface area (Å²) >= 11 is 0. The summed E-state index contributed by atoms with van der Waals surface area (Å²) in [7, 11) is 0. The normalized spacial score (nSPS) is 18.6. The first-order chi connectivity index (χ1) is 9.09. The predicted octanol–water partition coefficient (Wildman–Crippen LogP) is 6.14. The van der Waals surface area contributed by atoms with Gasteiger partial charge >= 0.3 is 0 Å². The largest absolute Gasteiger partial charge is 0.181 e. The molecule has 0 saturated carbocycles. The van der Waals surface area contributed by atoms with E-state index in [1.165, 1.54) is 56.9 Å². The van der Waals surface area contributed by atoms with Gasteiger partial charge in [0.05, 0.1) is 12.2 Å². The Morgan fingerprint density at radius 2 is 1.63 bits per heavy atom. The van der Waals surface area contributed by atoms with Crippen molar-refractivity contribution in [2.45, 2.75) is 85.1 Å². The second-order valence-corrected chi connectivity index (χ2v) is 6.77. The van der Waals surface area contributed by atoms with E-state index in [2.05, 4.69) is 37.9 Å². The molecule has 2 nitrogen and oxygen atoms in total. The van der Waals surface area contributed by atoms with Crippen LogP contribution in [-0.2, 0) is 0 Å². The zero-order chi connectivity index (χ0) is 14.1. The SMILES string of the molecule is CC(C)CCCCCC1N=NC=C1CCCC(C)C. The first-order valence-corrected chi connectivity index (χ1v) is 8.18. The lowest BCUT2D eigenvalue weighted by Crippen LogP contribution is -2.06. The third kappa shape index (κ3) is 7.49. The van der Waals surface area contributed by atoms with E-state index in [1.807, 2.05) is 6.20 Å². The Kier molecular flexibility index (Phi) is 8.00. The lowest BCUT2D eigenvalue weighted by Gasteiger charge is -2.12. The summed E-state index contributed by atoms with van der Waals surface area (Å²) in [5.74, 6) is 1.66. The van der Waals surface area contributed by atoms with Crippen molar-refractivity contribution in [3.63, 3.8) is 0 Å². The average molecular weight is 264 g/mol. The van der Waals surface area contributed by atoms with Gasteiger partial charge in [0.1, 0.15) is 0 Å². The van der Waals surface area contributed by atoms with Gasteiger partial charge in [0, 0.05) is 0 Å². The highest BCUT2D eigenvalue weighted by atomic mass is 15.1. The van der Waals surface area contributed by atoms with Crippen LogP contribution >= 0.6 is 0 Å². The molecule has 0 aromatic rings. The number of hydrogen-bond donors (Lipinski definition) is 0. The molecule has 0 amide bonds. The van der Waals surface area contributed by atoms with E-state index < -0.39 is 0 Å². The van der Waals surface area contributed by atoms with Crippen LogP contribution < -0.4 is 0 Å². The van der Waals surface area contributed by atoms with E-state index in [9.17, 15) is 0 Å². The Bertz CT molecular complexity index is 290. The zero-order valence-corrected chi connectivity index (χ0v) is 13.4. The maximum atomic E-state index is 4.38. The second kappa shape index (κ2) is 9.28. The number of hydrogen-bond acceptors (Lipinski definition) is 2. The molecule has 0 aromatic heterocycles. The Balaban J connectivity index is 2.11. The van der Waals surface area contributed by atoms with Gasteiger partial charge in [-0.15, -0.1) is 0 Å². The molecule has 1 atom stereocenters. The number of nitrogens with zero attached hydrogens (tertiary/aromatic N) is 2. The minimum atomic E-state index is 0.409. The van der Waals surface area contributed by atoms with Crippen LogP contribution in [0.25, 0.3) is 0 Å². The highest BCUT2D eigenvalue weighted by molar-refractivity contribution is 5.13. The van der Waals surface area contributed by atoms with Crippen molar-refractivity contribution in [2.24, 2.45) is 22.1 Å². The van der Waals surface area contributed by atoms with Crippen molar-refractivity contribution in [2.75, 3.05) is 0 Å². The molecule has 0 N–H and O–H groups in total. The summed E-state index contributed by atoms with van der Waals surface area (Å²) in [5, 5.41) is 8.51. The van der Waals surface area contributed by atoms with E-state index >= 15 is 0 Å². The van der Waals surface area contributed by atoms with E-state index in [1.54, 1.807) is 0 Å². The van der Waals surface area contributed by atoms with Crippen LogP contribution in [0.2, 0.25) is 0 Å². The van der Waals surface area contributed by atoms with Gasteiger partial charge in [0.15, 0.2) is 0 Å². The fourth-order valence-corrected chi connectivity index (χ4v) is 2.60. The third-order valence-corrected chi connectivity index (χ3v) is 3.86. The Morgan fingerprint density at radius 3 is 2.32 bits per heavy atom. The molecule has 2 heteroatoms. The van der Waals surface area contributed by atoms with Crippen molar-refractivity contribution in [1.82, 2.24) is 0 Å². The summed E-state index contributed by atoms with van der Waals surface area (Å²) in [4.78, 5) is 0. The first kappa shape index (κ1) is 16.4. The maximum Gasteiger partial charge on any atom is 0.0940 e. The molecule has 0 aromatic carbocycles. The molecule has 0 bridgehead atoms. The van der Waals surface area contributed by atoms with Crippen LogP contribution in [0.5, 0.6) is 0 Å². The van der Waals surface area contributed by atoms with Crippen LogP contribution in [0.1, 0.15) is 79.1 Å². The van der Waals surface area contributed by atoms with Gasteiger partial charge in [-0.3, -0.25) is 0 Å². The van der Waals surface area contributed by atoms with Gasteiger partial charge in [-0.25, -0.2) is 0 Å². The van der Waals surface area contributed by atoms with Crippen molar-refractivity contribution in [3.8, 4) is 0 Å². The van der Waals surface area contributed by atoms with Gasteiger partial charge in [0.25, 0.3) is 0 Å². The monoisotopic (exact) mass is 264 g/mol. The summed E-state index contributed by atoms with van der Waals surface area (Å²) in [6.07, 6.45) is 12.4. The fourth-order valence-electron chi connectivity index (χ4n) is 2.60. The molecule has 1 unspecified atom stereocenters. The summed E-state index contributed by atoms with van der Waals surface area (Å²) in [5.41, 5.74) is 1.48. The molecular weight excluding hydrogens is 232 g/mol. The molecule has 0 saturated heterocycles. The lowest BCUT2D eigenvalue weighted by atomic mass is 9.95. The van der Waals surface area contributed by atoms with E-state index in [0.29, 0.717) is 6.04 Å². The molecule has 0 radical (unpaired) electrons. The van der Waals surface area contributed by atoms with Crippen LogP contribution in [0.4, 0.5) is 0 Å². The highest BCUT2D eigenvalue weighted by Crippen LogP contribution is 2.26. The van der Waals surface area contributed by atoms with Crippen molar-refractivity contribution in [3.05, 3.63) is 11.8 Å². The van der Waals surface area contributed by atoms with Gasteiger partial charge in [-0.2, -0.15) is 10.2 Å². The molecule has 0 spiro atoms. The highest BCUT2D eigenvalue weighted by Gasteiger charge is 2.16. The molecule has 1 aliphatic rings. The molecular formula is C17H32N2. The molecule has 19 heavy (non-hydrogen) atoms. The first-order valence-electron chi connectivity index (χ1n) is 8.18. The number of azo groups is 1. The molecule has 0 fully saturated rings. The quantitative estimate of drug-likeness (QED) is 0.423. The van der Waals surface area contributed by atoms with Crippen LogP contribution in [0.3, 0.4) is 0 Å². The van der Waals surface area contributed by atoms with Gasteiger partial charge < -0.3 is 0 Å². The minimum absolute atomic E-state index is 0.409. The fraction of sp³-hybridized carbons (Fsp3) is 0.882. The number of unbranched alkanes of at least 4 members (excludes halogenated alkanes) is 2.